The second-order valence-electron chi connectivity index (χ2n) is 3.43. The summed E-state index contributed by atoms with van der Waals surface area (Å²) in [6.45, 7) is 3.12. The number of ether oxygens (including phenoxy) is 1. The smallest absolute Gasteiger partial charge is 0.379 e. The molecule has 0 amide bonds. The van der Waals surface area contributed by atoms with E-state index in [1.54, 1.807) is 6.92 Å². The van der Waals surface area contributed by atoms with Crippen LogP contribution in [0.2, 0.25) is 0 Å². The SMILES string of the molecule is CCOC(=O)C(F)(F)[C@@H](N)c1cc(C)c(Br)s1. The molecule has 0 aliphatic rings. The van der Waals surface area contributed by atoms with Gasteiger partial charge in [0, 0.05) is 4.88 Å². The summed E-state index contributed by atoms with van der Waals surface area (Å²) in [6, 6.07) is -0.149. The van der Waals surface area contributed by atoms with Crippen molar-refractivity contribution in [2.45, 2.75) is 25.8 Å². The van der Waals surface area contributed by atoms with E-state index in [9.17, 15) is 13.6 Å². The Kier molecular flexibility index (Phi) is 4.62. The van der Waals surface area contributed by atoms with Crippen LogP contribution in [0.25, 0.3) is 0 Å². The molecule has 0 spiro atoms. The molecule has 2 N–H and O–H groups in total. The first-order chi connectivity index (χ1) is 7.80. The van der Waals surface area contributed by atoms with Crippen LogP contribution in [0.1, 0.15) is 23.4 Å². The average molecular weight is 328 g/mol. The summed E-state index contributed by atoms with van der Waals surface area (Å²) in [5.41, 5.74) is 6.23. The third-order valence-electron chi connectivity index (χ3n) is 2.12. The first-order valence-corrected chi connectivity index (χ1v) is 6.48. The number of thiophene rings is 1. The van der Waals surface area contributed by atoms with Crippen molar-refractivity contribution >= 4 is 33.2 Å². The highest BCUT2D eigenvalue weighted by Crippen LogP contribution is 2.37. The van der Waals surface area contributed by atoms with Gasteiger partial charge in [-0.2, -0.15) is 8.78 Å². The number of hydrogen-bond donors (Lipinski definition) is 1. The number of alkyl halides is 2. The van der Waals surface area contributed by atoms with E-state index in [0.29, 0.717) is 0 Å². The van der Waals surface area contributed by atoms with E-state index in [0.717, 1.165) is 20.7 Å². The Bertz CT molecular complexity index is 403. The van der Waals surface area contributed by atoms with E-state index in [1.165, 1.54) is 13.0 Å². The third-order valence-corrected chi connectivity index (χ3v) is 4.34. The average Bonchev–Trinajstić information content (AvgIpc) is 2.58. The lowest BCUT2D eigenvalue weighted by Crippen LogP contribution is -2.41. The van der Waals surface area contributed by atoms with Gasteiger partial charge in [0.05, 0.1) is 10.4 Å². The second kappa shape index (κ2) is 5.41. The summed E-state index contributed by atoms with van der Waals surface area (Å²) in [5, 5.41) is 0. The number of carbonyl (C=O) groups excluding carboxylic acids is 1. The Balaban J connectivity index is 2.95. The number of halogens is 3. The van der Waals surface area contributed by atoms with Crippen LogP contribution in [-0.2, 0) is 9.53 Å². The maximum absolute atomic E-state index is 13.6. The number of rotatable bonds is 4. The molecule has 0 aromatic carbocycles. The van der Waals surface area contributed by atoms with E-state index in [1.807, 2.05) is 0 Å². The van der Waals surface area contributed by atoms with Crippen LogP contribution in [0.5, 0.6) is 0 Å². The molecule has 0 aliphatic heterocycles. The van der Waals surface area contributed by atoms with Gasteiger partial charge in [0.25, 0.3) is 0 Å². The first-order valence-electron chi connectivity index (χ1n) is 4.87. The minimum Gasteiger partial charge on any atom is -0.462 e. The van der Waals surface area contributed by atoms with E-state index >= 15 is 0 Å². The van der Waals surface area contributed by atoms with Crippen molar-refractivity contribution < 1.29 is 18.3 Å². The van der Waals surface area contributed by atoms with Gasteiger partial charge in [-0.1, -0.05) is 0 Å². The van der Waals surface area contributed by atoms with Crippen molar-refractivity contribution in [1.82, 2.24) is 0 Å². The minimum absolute atomic E-state index is 0.103. The second-order valence-corrected chi connectivity index (χ2v) is 5.83. The molecule has 1 aromatic heterocycles. The lowest BCUT2D eigenvalue weighted by molar-refractivity contribution is -0.174. The molecule has 0 fully saturated rings. The highest BCUT2D eigenvalue weighted by atomic mass is 79.9. The summed E-state index contributed by atoms with van der Waals surface area (Å²) in [5.74, 6) is -5.30. The highest BCUT2D eigenvalue weighted by Gasteiger charge is 2.48. The van der Waals surface area contributed by atoms with Crippen LogP contribution >= 0.6 is 27.3 Å². The molecule has 0 radical (unpaired) electrons. The van der Waals surface area contributed by atoms with Crippen LogP contribution in [0.3, 0.4) is 0 Å². The summed E-state index contributed by atoms with van der Waals surface area (Å²) in [7, 11) is 0. The Morgan fingerprint density at radius 3 is 2.71 bits per heavy atom. The maximum atomic E-state index is 13.6. The molecule has 0 aliphatic carbocycles. The van der Waals surface area contributed by atoms with Gasteiger partial charge < -0.3 is 10.5 Å². The molecule has 0 saturated carbocycles. The summed E-state index contributed by atoms with van der Waals surface area (Å²) < 4.78 is 32.3. The molecule has 0 bridgehead atoms. The number of carbonyl (C=O) groups is 1. The zero-order chi connectivity index (χ0) is 13.2. The van der Waals surface area contributed by atoms with Crippen LogP contribution < -0.4 is 5.73 Å². The summed E-state index contributed by atoms with van der Waals surface area (Å²) in [4.78, 5) is 11.4. The van der Waals surface area contributed by atoms with Gasteiger partial charge in [0.1, 0.15) is 6.04 Å². The number of hydrogen-bond acceptors (Lipinski definition) is 4. The van der Waals surface area contributed by atoms with Crippen molar-refractivity contribution in [2.24, 2.45) is 5.73 Å². The Labute approximate surface area is 110 Å². The molecule has 1 heterocycles. The molecule has 1 aromatic rings. The first kappa shape index (κ1) is 14.5. The van der Waals surface area contributed by atoms with Crippen molar-refractivity contribution in [2.75, 3.05) is 6.61 Å². The van der Waals surface area contributed by atoms with Crippen LogP contribution in [-0.4, -0.2) is 18.5 Å². The molecule has 0 saturated heterocycles. The van der Waals surface area contributed by atoms with Gasteiger partial charge >= 0.3 is 11.9 Å². The fourth-order valence-corrected chi connectivity index (χ4v) is 2.78. The van der Waals surface area contributed by atoms with Crippen molar-refractivity contribution in [3.8, 4) is 0 Å². The van der Waals surface area contributed by atoms with E-state index in [-0.39, 0.29) is 11.5 Å². The fourth-order valence-electron chi connectivity index (χ4n) is 1.17. The predicted molar refractivity (Wildman–Crippen MR) is 65.3 cm³/mol. The highest BCUT2D eigenvalue weighted by molar-refractivity contribution is 9.11. The molecule has 7 heteroatoms. The van der Waals surface area contributed by atoms with Gasteiger partial charge in [0.2, 0.25) is 0 Å². The van der Waals surface area contributed by atoms with Crippen molar-refractivity contribution in [3.63, 3.8) is 0 Å². The monoisotopic (exact) mass is 327 g/mol. The van der Waals surface area contributed by atoms with Crippen molar-refractivity contribution in [3.05, 3.63) is 20.3 Å². The molecule has 1 atom stereocenters. The number of nitrogens with two attached hydrogens (primary N) is 1. The van der Waals surface area contributed by atoms with Gasteiger partial charge in [-0.15, -0.1) is 11.3 Å². The molecule has 0 unspecified atom stereocenters. The normalized spacial score (nSPS) is 13.5. The Morgan fingerprint density at radius 2 is 2.29 bits per heavy atom. The number of esters is 1. The predicted octanol–water partition coefficient (Wildman–Crippen LogP) is 3.02. The van der Waals surface area contributed by atoms with Gasteiger partial charge in [-0.25, -0.2) is 4.79 Å². The van der Waals surface area contributed by atoms with E-state index in [2.05, 4.69) is 20.7 Å². The molecule has 96 valence electrons. The van der Waals surface area contributed by atoms with Crippen LogP contribution in [0.4, 0.5) is 8.78 Å². The quantitative estimate of drug-likeness (QED) is 0.865. The maximum Gasteiger partial charge on any atom is 0.379 e. The summed E-state index contributed by atoms with van der Waals surface area (Å²) in [6.07, 6.45) is 0. The van der Waals surface area contributed by atoms with Crippen LogP contribution in [0.15, 0.2) is 9.85 Å². The fraction of sp³-hybridized carbons (Fsp3) is 0.500. The molecule has 3 nitrogen and oxygen atoms in total. The summed E-state index contributed by atoms with van der Waals surface area (Å²) >= 11 is 4.31. The lowest BCUT2D eigenvalue weighted by atomic mass is 10.1. The topological polar surface area (TPSA) is 52.3 Å². The van der Waals surface area contributed by atoms with Gasteiger partial charge in [-0.05, 0) is 41.4 Å². The molecule has 17 heavy (non-hydrogen) atoms. The molecule has 1 rings (SSSR count). The largest absolute Gasteiger partial charge is 0.462 e. The van der Waals surface area contributed by atoms with Crippen LogP contribution in [0, 0.1) is 6.92 Å². The standard InChI is InChI=1S/C10H12BrF2NO2S/c1-3-16-9(15)10(12,13)7(14)6-4-5(2)8(11)17-6/h4,7H,3,14H2,1-2H3/t7-/m0/s1. The van der Waals surface area contributed by atoms with E-state index in [4.69, 9.17) is 5.73 Å². The lowest BCUT2D eigenvalue weighted by Gasteiger charge is -2.20. The zero-order valence-electron chi connectivity index (χ0n) is 9.30. The third kappa shape index (κ3) is 3.02. The Morgan fingerprint density at radius 1 is 1.71 bits per heavy atom. The molecular weight excluding hydrogens is 316 g/mol. The van der Waals surface area contributed by atoms with Gasteiger partial charge in [0.15, 0.2) is 0 Å². The zero-order valence-corrected chi connectivity index (χ0v) is 11.7. The Hall–Kier alpha value is -0.530. The molecular formula is C10H12BrF2NO2S. The van der Waals surface area contributed by atoms with Gasteiger partial charge in [-0.3, -0.25) is 0 Å². The van der Waals surface area contributed by atoms with E-state index < -0.39 is 17.9 Å². The van der Waals surface area contributed by atoms with Crippen molar-refractivity contribution in [1.29, 1.82) is 0 Å². The number of aryl methyl sites for hydroxylation is 1. The minimum atomic E-state index is -3.72.